The van der Waals surface area contributed by atoms with Crippen molar-refractivity contribution in [2.75, 3.05) is 26.2 Å². The van der Waals surface area contributed by atoms with E-state index < -0.39 is 0 Å². The summed E-state index contributed by atoms with van der Waals surface area (Å²) in [7, 11) is 5.33. The quantitative estimate of drug-likeness (QED) is 0.728. The maximum atomic E-state index is 12.4. The third kappa shape index (κ3) is 2.02. The van der Waals surface area contributed by atoms with Gasteiger partial charge in [0.05, 0.1) is 14.2 Å². The predicted molar refractivity (Wildman–Crippen MR) is 91.2 cm³/mol. The van der Waals surface area contributed by atoms with Crippen molar-refractivity contribution in [1.82, 2.24) is 0 Å². The minimum Gasteiger partial charge on any atom is -0.497 e. The molecule has 0 aromatic heterocycles. The first kappa shape index (κ1) is 13.9. The van der Waals surface area contributed by atoms with Gasteiger partial charge in [-0.1, -0.05) is 6.07 Å². The molecule has 1 heterocycles. The number of benzene rings is 2. The third-order valence-electron chi connectivity index (χ3n) is 4.52. The maximum absolute atomic E-state index is 12.4. The highest BCUT2D eigenvalue weighted by atomic mass is 16.5. The molecule has 0 saturated heterocycles. The summed E-state index contributed by atoms with van der Waals surface area (Å²) >= 11 is 0. The molecule has 0 fully saturated rings. The largest absolute Gasteiger partial charge is 0.497 e. The molecular formula is C19H17NO3. The van der Waals surface area contributed by atoms with Crippen molar-refractivity contribution in [2.45, 2.75) is 6.54 Å². The van der Waals surface area contributed by atoms with E-state index >= 15 is 0 Å². The second-order valence-corrected chi connectivity index (χ2v) is 5.84. The monoisotopic (exact) mass is 307 g/mol. The van der Waals surface area contributed by atoms with Crippen LogP contribution in [0.3, 0.4) is 0 Å². The molecule has 3 aromatic carbocycles. The summed E-state index contributed by atoms with van der Waals surface area (Å²) in [5, 5.41) is 0. The Morgan fingerprint density at radius 3 is 2.22 bits per heavy atom. The van der Waals surface area contributed by atoms with Gasteiger partial charge in [0.1, 0.15) is 11.5 Å². The third-order valence-corrected chi connectivity index (χ3v) is 4.52. The standard InChI is InChI=1S/C19H17NO3/c1-20-10-11-8-12(22-2)4-6-14(11)17-18(19(17)21)15-7-5-13(23-3)9-16(15)20/h4-9H,10H2,1-3H3. The first-order chi connectivity index (χ1) is 11.1. The molecule has 116 valence electrons. The normalized spacial score (nSPS) is 12.9. The highest BCUT2D eigenvalue weighted by molar-refractivity contribution is 6.00. The van der Waals surface area contributed by atoms with Gasteiger partial charge in [0.2, 0.25) is 0 Å². The van der Waals surface area contributed by atoms with E-state index in [0.717, 1.165) is 45.0 Å². The smallest absolute Gasteiger partial charge is 0.195 e. The molecule has 3 aromatic rings. The molecule has 0 atom stereocenters. The van der Waals surface area contributed by atoms with Gasteiger partial charge in [-0.25, -0.2) is 0 Å². The van der Waals surface area contributed by atoms with Crippen molar-refractivity contribution in [3.8, 4) is 33.8 Å². The van der Waals surface area contributed by atoms with Gasteiger partial charge in [0.15, 0.2) is 5.43 Å². The molecular weight excluding hydrogens is 290 g/mol. The second kappa shape index (κ2) is 4.88. The summed E-state index contributed by atoms with van der Waals surface area (Å²) in [6, 6.07) is 11.8. The van der Waals surface area contributed by atoms with Crippen LogP contribution in [0.5, 0.6) is 11.5 Å². The fourth-order valence-corrected chi connectivity index (χ4v) is 3.26. The fourth-order valence-electron chi connectivity index (χ4n) is 3.26. The Bertz CT molecular complexity index is 919. The van der Waals surface area contributed by atoms with Crippen LogP contribution < -0.4 is 19.8 Å². The van der Waals surface area contributed by atoms with Gasteiger partial charge in [-0.15, -0.1) is 0 Å². The van der Waals surface area contributed by atoms with E-state index in [1.54, 1.807) is 14.2 Å². The molecule has 0 unspecified atom stereocenters. The summed E-state index contributed by atoms with van der Waals surface area (Å²) in [6.45, 7) is 0.705. The Balaban J connectivity index is 1.94. The number of hydrogen-bond acceptors (Lipinski definition) is 4. The zero-order chi connectivity index (χ0) is 16.1. The highest BCUT2D eigenvalue weighted by Crippen LogP contribution is 2.45. The van der Waals surface area contributed by atoms with E-state index in [2.05, 4.69) is 4.90 Å². The molecule has 4 heteroatoms. The van der Waals surface area contributed by atoms with E-state index in [0.29, 0.717) is 6.54 Å². The molecule has 0 bridgehead atoms. The number of methoxy groups -OCH3 is 2. The van der Waals surface area contributed by atoms with Crippen LogP contribution in [0.1, 0.15) is 5.56 Å². The number of rotatable bonds is 2. The summed E-state index contributed by atoms with van der Waals surface area (Å²) in [4.78, 5) is 14.6. The summed E-state index contributed by atoms with van der Waals surface area (Å²) in [6.07, 6.45) is 0. The van der Waals surface area contributed by atoms with Gasteiger partial charge in [-0.05, 0) is 35.4 Å². The zero-order valence-corrected chi connectivity index (χ0v) is 13.3. The van der Waals surface area contributed by atoms with Crippen LogP contribution in [0.2, 0.25) is 0 Å². The Hall–Kier alpha value is -2.75. The maximum Gasteiger partial charge on any atom is 0.195 e. The van der Waals surface area contributed by atoms with Gasteiger partial charge < -0.3 is 14.4 Å². The van der Waals surface area contributed by atoms with Crippen molar-refractivity contribution in [3.63, 3.8) is 0 Å². The molecule has 0 aliphatic carbocycles. The Morgan fingerprint density at radius 1 is 0.913 bits per heavy atom. The molecule has 0 amide bonds. The van der Waals surface area contributed by atoms with Crippen LogP contribution >= 0.6 is 0 Å². The summed E-state index contributed by atoms with van der Waals surface area (Å²) < 4.78 is 10.7. The van der Waals surface area contributed by atoms with Crippen LogP contribution in [-0.2, 0) is 6.54 Å². The fraction of sp³-hybridized carbons (Fsp3) is 0.211. The Kier molecular flexibility index (Phi) is 2.94. The number of nitrogens with zero attached hydrogens (tertiary/aromatic N) is 1. The Morgan fingerprint density at radius 2 is 1.52 bits per heavy atom. The number of hydrogen-bond donors (Lipinski definition) is 0. The predicted octanol–water partition coefficient (Wildman–Crippen LogP) is 3.22. The lowest BCUT2D eigenvalue weighted by Crippen LogP contribution is -2.18. The van der Waals surface area contributed by atoms with E-state index in [1.807, 2.05) is 43.4 Å². The van der Waals surface area contributed by atoms with Crippen LogP contribution in [-0.4, -0.2) is 21.3 Å². The van der Waals surface area contributed by atoms with E-state index in [1.165, 1.54) is 0 Å². The van der Waals surface area contributed by atoms with Gasteiger partial charge in [-0.2, -0.15) is 0 Å². The van der Waals surface area contributed by atoms with E-state index in [9.17, 15) is 4.79 Å². The van der Waals surface area contributed by atoms with Crippen LogP contribution in [0, 0.1) is 0 Å². The van der Waals surface area contributed by atoms with E-state index in [4.69, 9.17) is 9.47 Å². The van der Waals surface area contributed by atoms with Crippen LogP contribution in [0.25, 0.3) is 22.3 Å². The number of ether oxygens (including phenoxy) is 2. The van der Waals surface area contributed by atoms with Crippen molar-refractivity contribution in [1.29, 1.82) is 0 Å². The van der Waals surface area contributed by atoms with Gasteiger partial charge in [-0.3, -0.25) is 4.79 Å². The SMILES string of the molecule is COc1ccc2c(c1)CN(C)c1cc(OC)ccc1-c1c-2c1=O. The first-order valence-electron chi connectivity index (χ1n) is 7.50. The van der Waals surface area contributed by atoms with Gasteiger partial charge >= 0.3 is 0 Å². The van der Waals surface area contributed by atoms with Gasteiger partial charge in [0, 0.05) is 42.0 Å². The number of anilines is 1. The molecule has 4 nitrogen and oxygen atoms in total. The lowest BCUT2D eigenvalue weighted by molar-refractivity contribution is 0.414. The molecule has 0 spiro atoms. The minimum absolute atomic E-state index is 0.137. The summed E-state index contributed by atoms with van der Waals surface area (Å²) in [5.41, 5.74) is 5.89. The Labute approximate surface area is 134 Å². The molecule has 4 rings (SSSR count). The molecule has 23 heavy (non-hydrogen) atoms. The average Bonchev–Trinajstić information content (AvgIpc) is 3.23. The topological polar surface area (TPSA) is 38.8 Å². The first-order valence-corrected chi connectivity index (χ1v) is 7.50. The number of fused-ring (bicyclic) bond motifs is 5. The highest BCUT2D eigenvalue weighted by Gasteiger charge is 2.32. The van der Waals surface area contributed by atoms with Crippen LogP contribution in [0.4, 0.5) is 5.69 Å². The van der Waals surface area contributed by atoms with Gasteiger partial charge in [0.25, 0.3) is 0 Å². The molecule has 1 aliphatic rings. The average molecular weight is 307 g/mol. The van der Waals surface area contributed by atoms with Crippen molar-refractivity contribution in [2.24, 2.45) is 0 Å². The molecule has 0 saturated carbocycles. The molecule has 0 N–H and O–H groups in total. The van der Waals surface area contributed by atoms with E-state index in [-0.39, 0.29) is 5.43 Å². The van der Waals surface area contributed by atoms with Crippen molar-refractivity contribution in [3.05, 3.63) is 52.2 Å². The lowest BCUT2D eigenvalue weighted by atomic mass is 9.99. The molecule has 1 aliphatic heterocycles. The van der Waals surface area contributed by atoms with Crippen molar-refractivity contribution >= 4 is 5.69 Å². The minimum atomic E-state index is 0.137. The second-order valence-electron chi connectivity index (χ2n) is 5.84. The summed E-state index contributed by atoms with van der Waals surface area (Å²) in [5.74, 6) is 1.59. The van der Waals surface area contributed by atoms with Crippen molar-refractivity contribution < 1.29 is 9.47 Å². The zero-order valence-electron chi connectivity index (χ0n) is 13.3. The lowest BCUT2D eigenvalue weighted by Gasteiger charge is -2.25. The van der Waals surface area contributed by atoms with Crippen LogP contribution in [0.15, 0.2) is 41.2 Å². The molecule has 0 radical (unpaired) electrons.